The molecule has 2 heterocycles. The van der Waals surface area contributed by atoms with Gasteiger partial charge >= 0.3 is 5.97 Å². The molecule has 0 aromatic carbocycles. The molecule has 0 aromatic heterocycles. The van der Waals surface area contributed by atoms with Crippen LogP contribution in [0, 0.1) is 46.3 Å². The molecule has 2 saturated heterocycles. The molecular weight excluding hydrogens is 773 g/mol. The Morgan fingerprint density at radius 3 is 2.18 bits per heavy atom. The fraction of sp³-hybridized carbons (Fsp3) is 0.909. The zero-order valence-electron chi connectivity index (χ0n) is 41.2. The lowest BCUT2D eigenvalue weighted by Gasteiger charge is -2.58. The minimum atomic E-state index is -0.822. The Labute approximate surface area is 380 Å². The van der Waals surface area contributed by atoms with Gasteiger partial charge in [0.25, 0.3) is 0 Å². The number of ether oxygens (including phenoxy) is 6. The summed E-state index contributed by atoms with van der Waals surface area (Å²) in [7, 11) is 0. The van der Waals surface area contributed by atoms with E-state index in [4.69, 9.17) is 28.4 Å². The number of esters is 1. The maximum Gasteiger partial charge on any atom is 0.305 e. The smallest absolute Gasteiger partial charge is 0.305 e. The fourth-order valence-electron chi connectivity index (χ4n) is 13.9. The molecule has 2 aliphatic heterocycles. The van der Waals surface area contributed by atoms with Crippen molar-refractivity contribution >= 4 is 5.97 Å². The molecule has 0 spiro atoms. The minimum absolute atomic E-state index is 0.0211. The number of hydrogen-bond acceptors (Lipinski definition) is 7. The SMILES string of the molecule is C=CCO[C@H]1[C@H](O[C@H]2CC[C@@]3(C)C(=CC[C@H]4[C@@H]5CC[C@H]([C@H](C)CCCC(C)C)[C@@]5(C)CC[C@@H]43)C2)O[C@H](COC(=O)CCCCCCCCCCCCCCC)[C@@H]2OC(C)(C)O[C@@H]21. The summed E-state index contributed by atoms with van der Waals surface area (Å²) in [6.45, 7) is 23.2. The van der Waals surface area contributed by atoms with Gasteiger partial charge in [-0.1, -0.05) is 156 Å². The van der Waals surface area contributed by atoms with Gasteiger partial charge in [-0.15, -0.1) is 6.58 Å². The van der Waals surface area contributed by atoms with Crippen molar-refractivity contribution in [3.05, 3.63) is 24.3 Å². The van der Waals surface area contributed by atoms with Gasteiger partial charge in [0.15, 0.2) is 12.1 Å². The maximum absolute atomic E-state index is 13.0. The minimum Gasteiger partial charge on any atom is -0.463 e. The number of hydrogen-bond donors (Lipinski definition) is 0. The van der Waals surface area contributed by atoms with E-state index in [2.05, 4.69) is 54.2 Å². The van der Waals surface area contributed by atoms with Crippen molar-refractivity contribution in [1.29, 1.82) is 0 Å². The Hall–Kier alpha value is -1.25. The summed E-state index contributed by atoms with van der Waals surface area (Å²) in [5, 5.41) is 0. The van der Waals surface area contributed by atoms with E-state index >= 15 is 0 Å². The monoisotopic (exact) mass is 867 g/mol. The number of allylic oxidation sites excluding steroid dienone is 1. The molecule has 0 bridgehead atoms. The van der Waals surface area contributed by atoms with Crippen LogP contribution in [-0.4, -0.2) is 61.8 Å². The number of rotatable bonds is 26. The number of carbonyl (C=O) groups is 1. The molecule has 62 heavy (non-hydrogen) atoms. The molecule has 13 atom stereocenters. The van der Waals surface area contributed by atoms with E-state index in [1.54, 1.807) is 11.6 Å². The van der Waals surface area contributed by atoms with Crippen molar-refractivity contribution in [2.24, 2.45) is 46.3 Å². The second kappa shape index (κ2) is 23.5. The average molecular weight is 867 g/mol. The van der Waals surface area contributed by atoms with E-state index in [1.165, 1.54) is 122 Å². The second-order valence-corrected chi connectivity index (χ2v) is 22.7. The summed E-state index contributed by atoms with van der Waals surface area (Å²) in [6.07, 6.45) is 33.0. The molecule has 0 N–H and O–H groups in total. The topological polar surface area (TPSA) is 72.5 Å². The maximum atomic E-state index is 13.0. The standard InChI is InChI=1S/C55H94O7/c1-10-12-13-14-15-16-17-18-19-20-21-22-23-27-48(56)58-38-47-49-50(62-53(6,7)61-49)51(57-36-11-2)52(60-47)59-42-32-34-54(8)41(37-42)28-29-43-45-31-30-44(40(5)26-24-25-39(3)4)55(45,9)35-33-46(43)54/h11,28,39-40,42-47,49-52H,2,10,12-27,29-38H2,1,3-9H3/t40-,42+,43+,44-,45+,46+,47-,49+,50+,51-,52-,54+,55-/m1/s1. The molecule has 6 aliphatic rings. The van der Waals surface area contributed by atoms with E-state index in [-0.39, 0.29) is 24.1 Å². The zero-order valence-corrected chi connectivity index (χ0v) is 41.2. The van der Waals surface area contributed by atoms with Crippen LogP contribution in [0.3, 0.4) is 0 Å². The molecule has 6 rings (SSSR count). The van der Waals surface area contributed by atoms with Gasteiger partial charge < -0.3 is 28.4 Å². The average Bonchev–Trinajstić information content (AvgIpc) is 3.77. The van der Waals surface area contributed by atoms with Crippen LogP contribution in [0.1, 0.15) is 216 Å². The third-order valence-corrected chi connectivity index (χ3v) is 17.3. The molecule has 7 heteroatoms. The highest BCUT2D eigenvalue weighted by Gasteiger charge is 2.60. The summed E-state index contributed by atoms with van der Waals surface area (Å²) >= 11 is 0. The molecule has 5 fully saturated rings. The first-order valence-electron chi connectivity index (χ1n) is 26.5. The Balaban J connectivity index is 1.00. The number of unbranched alkanes of at least 4 members (excludes halogenated alkanes) is 12. The summed E-state index contributed by atoms with van der Waals surface area (Å²) in [6, 6.07) is 0. The normalized spacial score (nSPS) is 36.6. The molecule has 0 unspecified atom stereocenters. The molecule has 7 nitrogen and oxygen atoms in total. The molecule has 0 radical (unpaired) electrons. The van der Waals surface area contributed by atoms with Gasteiger partial charge in [-0.2, -0.15) is 0 Å². The summed E-state index contributed by atoms with van der Waals surface area (Å²) in [4.78, 5) is 13.0. The van der Waals surface area contributed by atoms with Gasteiger partial charge in [0.1, 0.15) is 31.0 Å². The molecule has 4 aliphatic carbocycles. The van der Waals surface area contributed by atoms with Gasteiger partial charge in [-0.25, -0.2) is 0 Å². The van der Waals surface area contributed by atoms with Crippen LogP contribution in [-0.2, 0) is 33.2 Å². The van der Waals surface area contributed by atoms with Crippen LogP contribution in [0.5, 0.6) is 0 Å². The Kier molecular flexibility index (Phi) is 19.0. The molecule has 0 amide bonds. The Morgan fingerprint density at radius 2 is 1.50 bits per heavy atom. The first-order valence-corrected chi connectivity index (χ1v) is 26.5. The largest absolute Gasteiger partial charge is 0.463 e. The van der Waals surface area contributed by atoms with Crippen LogP contribution in [0.15, 0.2) is 24.3 Å². The van der Waals surface area contributed by atoms with E-state index in [1.807, 2.05) is 13.8 Å². The van der Waals surface area contributed by atoms with Crippen molar-refractivity contribution in [1.82, 2.24) is 0 Å². The summed E-state index contributed by atoms with van der Waals surface area (Å²) < 4.78 is 39.1. The van der Waals surface area contributed by atoms with Crippen LogP contribution in [0.4, 0.5) is 0 Å². The van der Waals surface area contributed by atoms with Gasteiger partial charge in [-0.05, 0) is 118 Å². The number of fused-ring (bicyclic) bond motifs is 6. The number of carbonyl (C=O) groups excluding carboxylic acids is 1. The molecule has 356 valence electrons. The predicted molar refractivity (Wildman–Crippen MR) is 252 cm³/mol. The lowest BCUT2D eigenvalue weighted by molar-refractivity contribution is -0.304. The third-order valence-electron chi connectivity index (χ3n) is 17.3. The van der Waals surface area contributed by atoms with E-state index < -0.39 is 36.5 Å². The lowest BCUT2D eigenvalue weighted by atomic mass is 9.47. The predicted octanol–water partition coefficient (Wildman–Crippen LogP) is 14.3. The first-order chi connectivity index (χ1) is 29.8. The lowest BCUT2D eigenvalue weighted by Crippen LogP contribution is -2.60. The van der Waals surface area contributed by atoms with Gasteiger partial charge in [0, 0.05) is 6.42 Å². The van der Waals surface area contributed by atoms with Crippen LogP contribution < -0.4 is 0 Å². The van der Waals surface area contributed by atoms with Crippen LogP contribution >= 0.6 is 0 Å². The zero-order chi connectivity index (χ0) is 44.3. The molecule has 0 aromatic rings. The molecular formula is C55H94O7. The quantitative estimate of drug-likeness (QED) is 0.0487. The van der Waals surface area contributed by atoms with Crippen molar-refractivity contribution in [3.63, 3.8) is 0 Å². The molecule has 3 saturated carbocycles. The van der Waals surface area contributed by atoms with Gasteiger partial charge in [0.05, 0.1) is 12.7 Å². The van der Waals surface area contributed by atoms with E-state index in [9.17, 15) is 4.79 Å². The third kappa shape index (κ3) is 12.6. The highest BCUT2D eigenvalue weighted by Crippen LogP contribution is 2.67. The Morgan fingerprint density at radius 1 is 0.823 bits per heavy atom. The van der Waals surface area contributed by atoms with Crippen LogP contribution in [0.2, 0.25) is 0 Å². The summed E-state index contributed by atoms with van der Waals surface area (Å²) in [5.74, 6) is 3.95. The van der Waals surface area contributed by atoms with Crippen molar-refractivity contribution < 1.29 is 33.2 Å². The van der Waals surface area contributed by atoms with Crippen molar-refractivity contribution in [2.75, 3.05) is 13.2 Å². The van der Waals surface area contributed by atoms with E-state index in [0.717, 1.165) is 67.6 Å². The first kappa shape index (κ1) is 50.2. The second-order valence-electron chi connectivity index (χ2n) is 22.7. The Bertz CT molecular complexity index is 1410. The summed E-state index contributed by atoms with van der Waals surface area (Å²) in [5.41, 5.74) is 2.33. The van der Waals surface area contributed by atoms with E-state index in [0.29, 0.717) is 18.4 Å². The van der Waals surface area contributed by atoms with Gasteiger partial charge in [-0.3, -0.25) is 4.79 Å². The fourth-order valence-corrected chi connectivity index (χ4v) is 13.9. The highest BCUT2D eigenvalue weighted by atomic mass is 16.8. The van der Waals surface area contributed by atoms with Crippen molar-refractivity contribution in [2.45, 2.75) is 259 Å². The highest BCUT2D eigenvalue weighted by molar-refractivity contribution is 5.69. The van der Waals surface area contributed by atoms with Gasteiger partial charge in [0.2, 0.25) is 0 Å². The van der Waals surface area contributed by atoms with Crippen molar-refractivity contribution in [3.8, 4) is 0 Å². The van der Waals surface area contributed by atoms with Crippen LogP contribution in [0.25, 0.3) is 0 Å².